The van der Waals surface area contributed by atoms with E-state index in [1.54, 1.807) is 0 Å². The summed E-state index contributed by atoms with van der Waals surface area (Å²) in [5.41, 5.74) is 10.6. The standard InChI is InChI=1S/C34H41N3/c1-5-26-18-14-19-27(6-2)32(26)34-35-33(29-20-13-15-25(4)23-29)31(37(34)7-3)24-36-22-12-11-21-30(36)28-16-9-8-10-17-28/h8-10,13-20,23,30H,5-7,11-12,21-22,24H2,1-4H3. The molecule has 0 amide bonds. The molecule has 3 heteroatoms. The van der Waals surface area contributed by atoms with Gasteiger partial charge in [0.15, 0.2) is 0 Å². The molecule has 1 aliphatic rings. The molecule has 3 nitrogen and oxygen atoms in total. The zero-order valence-corrected chi connectivity index (χ0v) is 23.0. The molecule has 4 aromatic rings. The van der Waals surface area contributed by atoms with Gasteiger partial charge in [-0.05, 0) is 68.8 Å². The number of likely N-dealkylation sites (tertiary alicyclic amines) is 1. The number of aromatic nitrogens is 2. The number of aryl methyl sites for hydroxylation is 3. The van der Waals surface area contributed by atoms with E-state index in [-0.39, 0.29) is 0 Å². The van der Waals surface area contributed by atoms with Gasteiger partial charge in [-0.3, -0.25) is 4.90 Å². The molecule has 0 radical (unpaired) electrons. The molecule has 1 aliphatic heterocycles. The lowest BCUT2D eigenvalue weighted by atomic mass is 9.94. The van der Waals surface area contributed by atoms with Crippen LogP contribution in [-0.2, 0) is 25.9 Å². The summed E-state index contributed by atoms with van der Waals surface area (Å²) in [4.78, 5) is 8.19. The molecule has 0 bridgehead atoms. The second-order valence-corrected chi connectivity index (χ2v) is 10.4. The summed E-state index contributed by atoms with van der Waals surface area (Å²) in [6, 6.07) is 27.2. The van der Waals surface area contributed by atoms with Gasteiger partial charge in [0, 0.05) is 30.3 Å². The van der Waals surface area contributed by atoms with Crippen molar-refractivity contribution in [2.75, 3.05) is 6.54 Å². The Morgan fingerprint density at radius 2 is 1.57 bits per heavy atom. The van der Waals surface area contributed by atoms with E-state index >= 15 is 0 Å². The van der Waals surface area contributed by atoms with Crippen molar-refractivity contribution in [1.82, 2.24) is 14.5 Å². The average Bonchev–Trinajstić information content (AvgIpc) is 3.30. The minimum atomic E-state index is 0.457. The summed E-state index contributed by atoms with van der Waals surface area (Å²) in [6.07, 6.45) is 5.79. The highest BCUT2D eigenvalue weighted by Crippen LogP contribution is 2.38. The van der Waals surface area contributed by atoms with Crippen LogP contribution in [0.5, 0.6) is 0 Å². The van der Waals surface area contributed by atoms with Crippen molar-refractivity contribution in [3.05, 3.63) is 101 Å². The molecule has 0 N–H and O–H groups in total. The highest BCUT2D eigenvalue weighted by Gasteiger charge is 2.28. The smallest absolute Gasteiger partial charge is 0.141 e. The molecule has 2 heterocycles. The second kappa shape index (κ2) is 11.5. The number of hydrogen-bond donors (Lipinski definition) is 0. The molecule has 3 aromatic carbocycles. The highest BCUT2D eigenvalue weighted by atomic mass is 15.2. The summed E-state index contributed by atoms with van der Waals surface area (Å²) >= 11 is 0. The van der Waals surface area contributed by atoms with Crippen molar-refractivity contribution >= 4 is 0 Å². The lowest BCUT2D eigenvalue weighted by molar-refractivity contribution is 0.137. The van der Waals surface area contributed by atoms with Crippen molar-refractivity contribution in [2.45, 2.75) is 78.9 Å². The molecular weight excluding hydrogens is 450 g/mol. The molecule has 1 atom stereocenters. The van der Waals surface area contributed by atoms with E-state index in [9.17, 15) is 0 Å². The lowest BCUT2D eigenvalue weighted by Gasteiger charge is -2.36. The minimum Gasteiger partial charge on any atom is -0.327 e. The van der Waals surface area contributed by atoms with Crippen LogP contribution in [-0.4, -0.2) is 21.0 Å². The number of hydrogen-bond acceptors (Lipinski definition) is 2. The van der Waals surface area contributed by atoms with Gasteiger partial charge in [0.25, 0.3) is 0 Å². The van der Waals surface area contributed by atoms with E-state index in [1.165, 1.54) is 58.3 Å². The third-order valence-corrected chi connectivity index (χ3v) is 8.05. The van der Waals surface area contributed by atoms with Crippen LogP contribution < -0.4 is 0 Å². The Hall–Kier alpha value is -3.17. The van der Waals surface area contributed by atoms with Crippen molar-refractivity contribution in [3.8, 4) is 22.6 Å². The Kier molecular flexibility index (Phi) is 7.90. The third-order valence-electron chi connectivity index (χ3n) is 8.05. The maximum atomic E-state index is 5.48. The van der Waals surface area contributed by atoms with Gasteiger partial charge in [-0.1, -0.05) is 92.6 Å². The topological polar surface area (TPSA) is 21.1 Å². The fourth-order valence-corrected chi connectivity index (χ4v) is 6.16. The first-order valence-electron chi connectivity index (χ1n) is 14.2. The fraction of sp³-hybridized carbons (Fsp3) is 0.382. The maximum absolute atomic E-state index is 5.48. The van der Waals surface area contributed by atoms with Crippen LogP contribution in [0.1, 0.15) is 74.0 Å². The van der Waals surface area contributed by atoms with Gasteiger partial charge in [-0.25, -0.2) is 4.98 Å². The summed E-state index contributed by atoms with van der Waals surface area (Å²) in [5.74, 6) is 1.14. The predicted octanol–water partition coefficient (Wildman–Crippen LogP) is 8.40. The van der Waals surface area contributed by atoms with Crippen LogP contribution in [0.2, 0.25) is 0 Å². The predicted molar refractivity (Wildman–Crippen MR) is 156 cm³/mol. The zero-order chi connectivity index (χ0) is 25.8. The van der Waals surface area contributed by atoms with Gasteiger partial charge in [-0.2, -0.15) is 0 Å². The first kappa shape index (κ1) is 25.5. The van der Waals surface area contributed by atoms with E-state index in [0.29, 0.717) is 6.04 Å². The van der Waals surface area contributed by atoms with Crippen LogP contribution in [0.25, 0.3) is 22.6 Å². The number of piperidine rings is 1. The second-order valence-electron chi connectivity index (χ2n) is 10.4. The number of rotatable bonds is 8. The molecule has 0 saturated carbocycles. The van der Waals surface area contributed by atoms with Gasteiger partial charge < -0.3 is 4.57 Å². The average molecular weight is 492 g/mol. The maximum Gasteiger partial charge on any atom is 0.141 e. The minimum absolute atomic E-state index is 0.457. The third kappa shape index (κ3) is 5.15. The molecule has 5 rings (SSSR count). The zero-order valence-electron chi connectivity index (χ0n) is 23.0. The van der Waals surface area contributed by atoms with E-state index < -0.39 is 0 Å². The Morgan fingerprint density at radius 1 is 0.838 bits per heavy atom. The molecule has 37 heavy (non-hydrogen) atoms. The largest absolute Gasteiger partial charge is 0.327 e. The van der Waals surface area contributed by atoms with Gasteiger partial charge in [0.2, 0.25) is 0 Å². The van der Waals surface area contributed by atoms with Crippen molar-refractivity contribution in [3.63, 3.8) is 0 Å². The quantitative estimate of drug-likeness (QED) is 0.247. The normalized spacial score (nSPS) is 16.3. The first-order chi connectivity index (χ1) is 18.1. The van der Waals surface area contributed by atoms with E-state index in [2.05, 4.69) is 110 Å². The Labute approximate surface area is 223 Å². The van der Waals surface area contributed by atoms with Crippen molar-refractivity contribution in [2.24, 2.45) is 0 Å². The molecule has 1 aromatic heterocycles. The highest BCUT2D eigenvalue weighted by molar-refractivity contribution is 5.72. The van der Waals surface area contributed by atoms with Gasteiger partial charge in [0.1, 0.15) is 5.82 Å². The molecule has 1 unspecified atom stereocenters. The molecule has 192 valence electrons. The number of imidazole rings is 1. The van der Waals surface area contributed by atoms with Crippen LogP contribution >= 0.6 is 0 Å². The van der Waals surface area contributed by atoms with Crippen LogP contribution in [0, 0.1) is 6.92 Å². The van der Waals surface area contributed by atoms with Gasteiger partial charge >= 0.3 is 0 Å². The van der Waals surface area contributed by atoms with Crippen LogP contribution in [0.3, 0.4) is 0 Å². The summed E-state index contributed by atoms with van der Waals surface area (Å²) < 4.78 is 2.52. The first-order valence-corrected chi connectivity index (χ1v) is 14.2. The number of benzene rings is 3. The monoisotopic (exact) mass is 491 g/mol. The van der Waals surface area contributed by atoms with E-state index in [0.717, 1.165) is 44.0 Å². The Balaban J connectivity index is 1.68. The molecule has 0 spiro atoms. The molecule has 1 saturated heterocycles. The Morgan fingerprint density at radius 3 is 2.24 bits per heavy atom. The van der Waals surface area contributed by atoms with Crippen LogP contribution in [0.15, 0.2) is 72.8 Å². The Bertz CT molecular complexity index is 1310. The van der Waals surface area contributed by atoms with E-state index in [1.807, 2.05) is 0 Å². The van der Waals surface area contributed by atoms with E-state index in [4.69, 9.17) is 4.98 Å². The lowest BCUT2D eigenvalue weighted by Crippen LogP contribution is -2.33. The fourth-order valence-electron chi connectivity index (χ4n) is 6.16. The van der Waals surface area contributed by atoms with Gasteiger partial charge in [-0.15, -0.1) is 0 Å². The van der Waals surface area contributed by atoms with Crippen LogP contribution in [0.4, 0.5) is 0 Å². The molecule has 1 fully saturated rings. The van der Waals surface area contributed by atoms with Crippen molar-refractivity contribution < 1.29 is 0 Å². The number of nitrogens with zero attached hydrogens (tertiary/aromatic N) is 3. The molecular formula is C34H41N3. The summed E-state index contributed by atoms with van der Waals surface area (Å²) in [6.45, 7) is 11.9. The molecule has 0 aliphatic carbocycles. The SMILES string of the molecule is CCc1cccc(CC)c1-c1nc(-c2cccc(C)c2)c(CN2CCCCC2c2ccccc2)n1CC. The summed E-state index contributed by atoms with van der Waals surface area (Å²) in [7, 11) is 0. The summed E-state index contributed by atoms with van der Waals surface area (Å²) in [5, 5.41) is 0. The van der Waals surface area contributed by atoms with Crippen molar-refractivity contribution in [1.29, 1.82) is 0 Å². The van der Waals surface area contributed by atoms with Gasteiger partial charge in [0.05, 0.1) is 11.4 Å².